The number of benzene rings is 1. The van der Waals surface area contributed by atoms with Crippen molar-refractivity contribution in [2.75, 3.05) is 5.32 Å². The van der Waals surface area contributed by atoms with Crippen molar-refractivity contribution < 1.29 is 4.79 Å². The summed E-state index contributed by atoms with van der Waals surface area (Å²) in [6, 6.07) is 7.99. The summed E-state index contributed by atoms with van der Waals surface area (Å²) in [5, 5.41) is 3.58. The fourth-order valence-electron chi connectivity index (χ4n) is 2.45. The van der Waals surface area contributed by atoms with Crippen molar-refractivity contribution in [1.29, 1.82) is 0 Å². The number of aryl methyl sites for hydroxylation is 1. The van der Waals surface area contributed by atoms with E-state index in [1.807, 2.05) is 24.3 Å². The molecule has 21 heavy (non-hydrogen) atoms. The number of carbonyl (C=O) groups is 1. The minimum atomic E-state index is -0.0384. The van der Waals surface area contributed by atoms with Crippen LogP contribution in [0.5, 0.6) is 0 Å². The fourth-order valence-corrected chi connectivity index (χ4v) is 4.01. The maximum atomic E-state index is 12.1. The van der Waals surface area contributed by atoms with Crippen molar-refractivity contribution in [3.63, 3.8) is 0 Å². The standard InChI is InChI=1S/C15H16BrN3OS/c16-10-3-1-2-9(6-10)7-14(20)19-15-18-12-5-4-11(17)8-13(12)21-15/h1-3,6,11H,4-5,7-8,17H2,(H,18,19,20)/t11-/m0/s1. The molecule has 3 rings (SSSR count). The van der Waals surface area contributed by atoms with Gasteiger partial charge < -0.3 is 11.1 Å². The topological polar surface area (TPSA) is 68.0 Å². The van der Waals surface area contributed by atoms with Gasteiger partial charge in [0.15, 0.2) is 5.13 Å². The van der Waals surface area contributed by atoms with Crippen LogP contribution in [0.15, 0.2) is 28.7 Å². The van der Waals surface area contributed by atoms with Crippen LogP contribution >= 0.6 is 27.3 Å². The van der Waals surface area contributed by atoms with Gasteiger partial charge in [0.2, 0.25) is 5.91 Å². The molecule has 0 spiro atoms. The Morgan fingerprint density at radius 2 is 2.38 bits per heavy atom. The van der Waals surface area contributed by atoms with Gasteiger partial charge in [-0.25, -0.2) is 4.98 Å². The zero-order valence-corrected chi connectivity index (χ0v) is 13.8. The maximum absolute atomic E-state index is 12.1. The van der Waals surface area contributed by atoms with E-state index in [-0.39, 0.29) is 11.9 Å². The molecule has 0 saturated heterocycles. The molecule has 6 heteroatoms. The third kappa shape index (κ3) is 3.70. The molecule has 1 aromatic heterocycles. The van der Waals surface area contributed by atoms with E-state index >= 15 is 0 Å². The van der Waals surface area contributed by atoms with Gasteiger partial charge in [0.05, 0.1) is 12.1 Å². The van der Waals surface area contributed by atoms with E-state index in [2.05, 4.69) is 26.2 Å². The third-order valence-electron chi connectivity index (χ3n) is 3.48. The van der Waals surface area contributed by atoms with Gasteiger partial charge in [0, 0.05) is 15.4 Å². The SMILES string of the molecule is N[C@H]1CCc2nc(NC(=O)Cc3cccc(Br)c3)sc2C1. The van der Waals surface area contributed by atoms with Gasteiger partial charge in [-0.1, -0.05) is 28.1 Å². The second kappa shape index (κ2) is 6.25. The average Bonchev–Trinajstić information content (AvgIpc) is 2.79. The van der Waals surface area contributed by atoms with Crippen molar-refractivity contribution >= 4 is 38.3 Å². The molecule has 0 saturated carbocycles. The van der Waals surface area contributed by atoms with Crippen LogP contribution in [-0.2, 0) is 24.1 Å². The summed E-state index contributed by atoms with van der Waals surface area (Å²) < 4.78 is 0.978. The van der Waals surface area contributed by atoms with Crippen molar-refractivity contribution in [3.8, 4) is 0 Å². The Morgan fingerprint density at radius 1 is 1.52 bits per heavy atom. The molecule has 2 aromatic rings. The molecular weight excluding hydrogens is 350 g/mol. The molecule has 0 fully saturated rings. The molecule has 4 nitrogen and oxygen atoms in total. The highest BCUT2D eigenvalue weighted by atomic mass is 79.9. The number of carbonyl (C=O) groups excluding carboxylic acids is 1. The number of halogens is 1. The first kappa shape index (κ1) is 14.7. The zero-order chi connectivity index (χ0) is 14.8. The van der Waals surface area contributed by atoms with Gasteiger partial charge in [0.1, 0.15) is 0 Å². The number of amides is 1. The van der Waals surface area contributed by atoms with Gasteiger partial charge in [-0.15, -0.1) is 11.3 Å². The summed E-state index contributed by atoms with van der Waals surface area (Å²) >= 11 is 4.96. The molecule has 110 valence electrons. The van der Waals surface area contributed by atoms with Crippen molar-refractivity contribution in [2.45, 2.75) is 31.7 Å². The molecular formula is C15H16BrN3OS. The average molecular weight is 366 g/mol. The van der Waals surface area contributed by atoms with Crippen LogP contribution in [0.4, 0.5) is 5.13 Å². The number of rotatable bonds is 3. The van der Waals surface area contributed by atoms with E-state index in [1.165, 1.54) is 4.88 Å². The molecule has 1 atom stereocenters. The first-order chi connectivity index (χ1) is 10.1. The van der Waals surface area contributed by atoms with E-state index in [0.717, 1.165) is 35.0 Å². The van der Waals surface area contributed by atoms with Crippen molar-refractivity contribution in [2.24, 2.45) is 5.73 Å². The summed E-state index contributed by atoms with van der Waals surface area (Å²) in [5.41, 5.74) is 8.04. The van der Waals surface area contributed by atoms with Crippen LogP contribution in [0.3, 0.4) is 0 Å². The highest BCUT2D eigenvalue weighted by Crippen LogP contribution is 2.29. The molecule has 1 aliphatic carbocycles. The number of hydrogen-bond donors (Lipinski definition) is 2. The number of nitrogens with two attached hydrogens (primary N) is 1. The Kier molecular flexibility index (Phi) is 4.37. The molecule has 1 heterocycles. The third-order valence-corrected chi connectivity index (χ3v) is 5.01. The molecule has 0 unspecified atom stereocenters. The summed E-state index contributed by atoms with van der Waals surface area (Å²) in [7, 11) is 0. The lowest BCUT2D eigenvalue weighted by Gasteiger charge is -2.15. The Balaban J connectivity index is 1.65. The maximum Gasteiger partial charge on any atom is 0.230 e. The summed E-state index contributed by atoms with van der Waals surface area (Å²) in [5.74, 6) is -0.0384. The predicted molar refractivity (Wildman–Crippen MR) is 88.6 cm³/mol. The lowest BCUT2D eigenvalue weighted by atomic mass is 9.99. The number of aromatic nitrogens is 1. The van der Waals surface area contributed by atoms with Crippen LogP contribution in [0, 0.1) is 0 Å². The predicted octanol–water partition coefficient (Wildman–Crippen LogP) is 2.90. The highest BCUT2D eigenvalue weighted by molar-refractivity contribution is 9.10. The fraction of sp³-hybridized carbons (Fsp3) is 0.333. The minimum Gasteiger partial charge on any atom is -0.327 e. The molecule has 0 bridgehead atoms. The normalized spacial score (nSPS) is 17.3. The number of anilines is 1. The molecule has 1 aromatic carbocycles. The first-order valence-electron chi connectivity index (χ1n) is 6.88. The van der Waals surface area contributed by atoms with E-state index in [4.69, 9.17) is 5.73 Å². The Morgan fingerprint density at radius 3 is 3.19 bits per heavy atom. The van der Waals surface area contributed by atoms with E-state index in [9.17, 15) is 4.79 Å². The van der Waals surface area contributed by atoms with Gasteiger partial charge in [-0.05, 0) is 37.0 Å². The Hall–Kier alpha value is -1.24. The van der Waals surface area contributed by atoms with Gasteiger partial charge in [-0.3, -0.25) is 4.79 Å². The molecule has 3 N–H and O–H groups in total. The van der Waals surface area contributed by atoms with E-state index in [1.54, 1.807) is 11.3 Å². The van der Waals surface area contributed by atoms with Crippen molar-refractivity contribution in [1.82, 2.24) is 4.98 Å². The van der Waals surface area contributed by atoms with Gasteiger partial charge in [0.25, 0.3) is 0 Å². The van der Waals surface area contributed by atoms with E-state index in [0.29, 0.717) is 11.6 Å². The summed E-state index contributed by atoms with van der Waals surface area (Å²) in [6.07, 6.45) is 3.11. The largest absolute Gasteiger partial charge is 0.327 e. The van der Waals surface area contributed by atoms with E-state index < -0.39 is 0 Å². The monoisotopic (exact) mass is 365 g/mol. The first-order valence-corrected chi connectivity index (χ1v) is 8.49. The summed E-state index contributed by atoms with van der Waals surface area (Å²) in [4.78, 5) is 17.8. The van der Waals surface area contributed by atoms with Crippen molar-refractivity contribution in [3.05, 3.63) is 44.9 Å². The van der Waals surface area contributed by atoms with Gasteiger partial charge >= 0.3 is 0 Å². The molecule has 0 aliphatic heterocycles. The highest BCUT2D eigenvalue weighted by Gasteiger charge is 2.20. The zero-order valence-electron chi connectivity index (χ0n) is 11.4. The van der Waals surface area contributed by atoms with Crippen LogP contribution in [-0.4, -0.2) is 16.9 Å². The quantitative estimate of drug-likeness (QED) is 0.878. The Labute approximate surface area is 135 Å². The van der Waals surface area contributed by atoms with Crippen LogP contribution in [0.1, 0.15) is 22.6 Å². The van der Waals surface area contributed by atoms with Crippen LogP contribution in [0.25, 0.3) is 0 Å². The Bertz CT molecular complexity index is 671. The number of hydrogen-bond acceptors (Lipinski definition) is 4. The molecule has 1 amide bonds. The second-order valence-corrected chi connectivity index (χ2v) is 7.25. The van der Waals surface area contributed by atoms with Gasteiger partial charge in [-0.2, -0.15) is 0 Å². The minimum absolute atomic E-state index is 0.0384. The number of nitrogens with one attached hydrogen (secondary N) is 1. The smallest absolute Gasteiger partial charge is 0.230 e. The lowest BCUT2D eigenvalue weighted by molar-refractivity contribution is -0.115. The lowest BCUT2D eigenvalue weighted by Crippen LogP contribution is -2.27. The second-order valence-electron chi connectivity index (χ2n) is 5.25. The number of fused-ring (bicyclic) bond motifs is 1. The molecule has 1 aliphatic rings. The summed E-state index contributed by atoms with van der Waals surface area (Å²) in [6.45, 7) is 0. The number of thiazole rings is 1. The molecule has 0 radical (unpaired) electrons. The van der Waals surface area contributed by atoms with Crippen LogP contribution in [0.2, 0.25) is 0 Å². The number of nitrogens with zero attached hydrogens (tertiary/aromatic N) is 1. The van der Waals surface area contributed by atoms with Crippen LogP contribution < -0.4 is 11.1 Å².